The van der Waals surface area contributed by atoms with Crippen LogP contribution in [-0.4, -0.2) is 50.1 Å². The molecule has 1 atom stereocenters. The summed E-state index contributed by atoms with van der Waals surface area (Å²) >= 11 is 5.75. The van der Waals surface area contributed by atoms with Crippen LogP contribution in [0.25, 0.3) is 0 Å². The number of amides is 1. The summed E-state index contributed by atoms with van der Waals surface area (Å²) in [4.78, 5) is 16.9. The molecule has 0 aliphatic carbocycles. The second-order valence-corrected chi connectivity index (χ2v) is 6.92. The number of benzene rings is 2. The van der Waals surface area contributed by atoms with E-state index in [1.54, 1.807) is 13.2 Å². The zero-order valence-corrected chi connectivity index (χ0v) is 16.2. The standard InChI is InChI=1S/C20H23ClFN3O2/c1-14(20(26)23-17-8-7-15(21)13-16(17)22)24-9-11-25(12-10-24)18-5-3-4-6-19(18)27-2/h3-8,13-14H,9-12H2,1-2H3,(H,23,26)/t14-/m1/s1. The van der Waals surface area contributed by atoms with Crippen molar-refractivity contribution >= 4 is 28.9 Å². The van der Waals surface area contributed by atoms with E-state index in [2.05, 4.69) is 15.1 Å². The minimum atomic E-state index is -0.538. The molecular formula is C20H23ClFN3O2. The normalized spacial score (nSPS) is 16.1. The van der Waals surface area contributed by atoms with Gasteiger partial charge < -0.3 is 15.0 Å². The Kier molecular flexibility index (Phi) is 6.19. The number of ether oxygens (including phenoxy) is 1. The van der Waals surface area contributed by atoms with Crippen LogP contribution in [0.15, 0.2) is 42.5 Å². The van der Waals surface area contributed by atoms with Crippen LogP contribution in [0.3, 0.4) is 0 Å². The minimum absolute atomic E-state index is 0.143. The van der Waals surface area contributed by atoms with Crippen LogP contribution < -0.4 is 15.0 Å². The fourth-order valence-corrected chi connectivity index (χ4v) is 3.39. The van der Waals surface area contributed by atoms with Crippen molar-refractivity contribution in [1.29, 1.82) is 0 Å². The molecule has 0 bridgehead atoms. The molecule has 7 heteroatoms. The van der Waals surface area contributed by atoms with Crippen molar-refractivity contribution in [2.75, 3.05) is 43.5 Å². The highest BCUT2D eigenvalue weighted by molar-refractivity contribution is 6.30. The lowest BCUT2D eigenvalue weighted by Gasteiger charge is -2.38. The number of anilines is 2. The lowest BCUT2D eigenvalue weighted by Crippen LogP contribution is -2.52. The third-order valence-corrected chi connectivity index (χ3v) is 5.09. The first-order valence-electron chi connectivity index (χ1n) is 8.87. The predicted octanol–water partition coefficient (Wildman–Crippen LogP) is 3.64. The molecule has 144 valence electrons. The monoisotopic (exact) mass is 391 g/mol. The van der Waals surface area contributed by atoms with Gasteiger partial charge in [-0.15, -0.1) is 0 Å². The highest BCUT2D eigenvalue weighted by Gasteiger charge is 2.27. The molecule has 2 aromatic carbocycles. The van der Waals surface area contributed by atoms with Gasteiger partial charge in [-0.3, -0.25) is 9.69 Å². The number of carbonyl (C=O) groups is 1. The maximum Gasteiger partial charge on any atom is 0.241 e. The Morgan fingerprint density at radius 1 is 1.19 bits per heavy atom. The number of rotatable bonds is 5. The fraction of sp³-hybridized carbons (Fsp3) is 0.350. The molecule has 2 aromatic rings. The van der Waals surface area contributed by atoms with Crippen LogP contribution in [0.4, 0.5) is 15.8 Å². The molecule has 1 aliphatic rings. The van der Waals surface area contributed by atoms with Gasteiger partial charge in [-0.25, -0.2) is 4.39 Å². The Bertz CT molecular complexity index is 810. The van der Waals surface area contributed by atoms with Crippen LogP contribution in [0.1, 0.15) is 6.92 Å². The Morgan fingerprint density at radius 2 is 1.89 bits per heavy atom. The van der Waals surface area contributed by atoms with Crippen molar-refractivity contribution in [2.45, 2.75) is 13.0 Å². The molecule has 1 N–H and O–H groups in total. The van der Waals surface area contributed by atoms with Crippen molar-refractivity contribution in [3.8, 4) is 5.75 Å². The largest absolute Gasteiger partial charge is 0.495 e. The number of nitrogens with zero attached hydrogens (tertiary/aromatic N) is 2. The number of methoxy groups -OCH3 is 1. The lowest BCUT2D eigenvalue weighted by molar-refractivity contribution is -0.120. The van der Waals surface area contributed by atoms with Crippen LogP contribution in [0, 0.1) is 5.82 Å². The fourth-order valence-electron chi connectivity index (χ4n) is 3.23. The Hall–Kier alpha value is -2.31. The van der Waals surface area contributed by atoms with Gasteiger partial charge >= 0.3 is 0 Å². The topological polar surface area (TPSA) is 44.8 Å². The summed E-state index contributed by atoms with van der Waals surface area (Å²) in [5.74, 6) is 0.0703. The first-order chi connectivity index (χ1) is 13.0. The maximum absolute atomic E-state index is 13.9. The number of halogens is 2. The number of nitrogens with one attached hydrogen (secondary N) is 1. The average Bonchev–Trinajstić information content (AvgIpc) is 2.69. The van der Waals surface area contributed by atoms with Crippen molar-refractivity contribution in [1.82, 2.24) is 4.90 Å². The molecule has 0 unspecified atom stereocenters. The van der Waals surface area contributed by atoms with E-state index in [4.69, 9.17) is 16.3 Å². The molecule has 1 heterocycles. The van der Waals surface area contributed by atoms with Crippen LogP contribution >= 0.6 is 11.6 Å². The van der Waals surface area contributed by atoms with Crippen molar-refractivity contribution in [2.24, 2.45) is 0 Å². The van der Waals surface area contributed by atoms with Gasteiger partial charge in [0, 0.05) is 31.2 Å². The van der Waals surface area contributed by atoms with Crippen LogP contribution in [0.5, 0.6) is 5.75 Å². The second kappa shape index (κ2) is 8.59. The van der Waals surface area contributed by atoms with E-state index < -0.39 is 5.82 Å². The first kappa shape index (κ1) is 19.5. The van der Waals surface area contributed by atoms with Gasteiger partial charge in [-0.05, 0) is 37.3 Å². The molecule has 0 radical (unpaired) electrons. The van der Waals surface area contributed by atoms with Crippen molar-refractivity contribution < 1.29 is 13.9 Å². The van der Waals surface area contributed by atoms with Crippen LogP contribution in [-0.2, 0) is 4.79 Å². The molecule has 0 aromatic heterocycles. The van der Waals surface area contributed by atoms with Crippen molar-refractivity contribution in [3.63, 3.8) is 0 Å². The number of carbonyl (C=O) groups excluding carboxylic acids is 1. The van der Waals surface area contributed by atoms with E-state index in [0.717, 1.165) is 37.6 Å². The summed E-state index contributed by atoms with van der Waals surface area (Å²) < 4.78 is 19.3. The molecule has 0 saturated carbocycles. The third-order valence-electron chi connectivity index (χ3n) is 4.86. The van der Waals surface area contributed by atoms with Gasteiger partial charge in [0.15, 0.2) is 0 Å². The van der Waals surface area contributed by atoms with E-state index in [1.807, 2.05) is 31.2 Å². The van der Waals surface area contributed by atoms with Gasteiger partial charge in [0.1, 0.15) is 11.6 Å². The zero-order valence-electron chi connectivity index (χ0n) is 15.4. The average molecular weight is 392 g/mol. The van der Waals surface area contributed by atoms with Gasteiger partial charge in [0.05, 0.1) is 24.5 Å². The van der Waals surface area contributed by atoms with Gasteiger partial charge in [0.2, 0.25) is 5.91 Å². The zero-order chi connectivity index (χ0) is 19.4. The molecule has 3 rings (SSSR count). The molecule has 27 heavy (non-hydrogen) atoms. The molecular weight excluding hydrogens is 369 g/mol. The number of hydrogen-bond acceptors (Lipinski definition) is 4. The van der Waals surface area contributed by atoms with Gasteiger partial charge in [-0.2, -0.15) is 0 Å². The summed E-state index contributed by atoms with van der Waals surface area (Å²) in [5, 5.41) is 2.95. The number of hydrogen-bond donors (Lipinski definition) is 1. The molecule has 0 spiro atoms. The van der Waals surface area contributed by atoms with Crippen LogP contribution in [0.2, 0.25) is 5.02 Å². The molecule has 1 aliphatic heterocycles. The molecule has 1 fully saturated rings. The summed E-state index contributed by atoms with van der Waals surface area (Å²) in [5.41, 5.74) is 1.20. The van der Waals surface area contributed by atoms with Crippen molar-refractivity contribution in [3.05, 3.63) is 53.3 Å². The highest BCUT2D eigenvalue weighted by atomic mass is 35.5. The predicted molar refractivity (Wildman–Crippen MR) is 106 cm³/mol. The van der Waals surface area contributed by atoms with E-state index >= 15 is 0 Å². The van der Waals surface area contributed by atoms with Gasteiger partial charge in [0.25, 0.3) is 0 Å². The SMILES string of the molecule is COc1ccccc1N1CCN([C@H](C)C(=O)Nc2ccc(Cl)cc2F)CC1. The van der Waals surface area contributed by atoms with E-state index in [1.165, 1.54) is 12.1 Å². The molecule has 1 amide bonds. The highest BCUT2D eigenvalue weighted by Crippen LogP contribution is 2.28. The van der Waals surface area contributed by atoms with Gasteiger partial charge in [-0.1, -0.05) is 23.7 Å². The first-order valence-corrected chi connectivity index (χ1v) is 9.25. The smallest absolute Gasteiger partial charge is 0.241 e. The number of piperazine rings is 1. The summed E-state index contributed by atoms with van der Waals surface area (Å²) in [7, 11) is 1.66. The van der Waals surface area contributed by atoms with E-state index in [9.17, 15) is 9.18 Å². The Balaban J connectivity index is 1.59. The quantitative estimate of drug-likeness (QED) is 0.845. The van der Waals surface area contributed by atoms with E-state index in [-0.39, 0.29) is 17.6 Å². The summed E-state index contributed by atoms with van der Waals surface area (Å²) in [6, 6.07) is 11.8. The summed E-state index contributed by atoms with van der Waals surface area (Å²) in [6.45, 7) is 4.87. The minimum Gasteiger partial charge on any atom is -0.495 e. The number of para-hydroxylation sites is 2. The molecule has 1 saturated heterocycles. The second-order valence-electron chi connectivity index (χ2n) is 6.48. The Labute approximate surface area is 163 Å². The lowest BCUT2D eigenvalue weighted by atomic mass is 10.2. The maximum atomic E-state index is 13.9. The molecule has 5 nitrogen and oxygen atoms in total. The Morgan fingerprint density at radius 3 is 2.56 bits per heavy atom. The third kappa shape index (κ3) is 4.51. The van der Waals surface area contributed by atoms with E-state index in [0.29, 0.717) is 5.02 Å². The summed E-state index contributed by atoms with van der Waals surface area (Å²) in [6.07, 6.45) is 0.